The van der Waals surface area contributed by atoms with Crippen LogP contribution >= 0.6 is 11.8 Å². The first-order valence-corrected chi connectivity index (χ1v) is 7.39. The lowest BCUT2D eigenvalue weighted by molar-refractivity contribution is -0.116. The van der Waals surface area contributed by atoms with Crippen molar-refractivity contribution in [1.82, 2.24) is 5.32 Å². The van der Waals surface area contributed by atoms with Crippen molar-refractivity contribution in [3.05, 3.63) is 35.9 Å². The van der Waals surface area contributed by atoms with Crippen molar-refractivity contribution in [2.45, 2.75) is 36.2 Å². The number of carbonyl (C=O) groups is 1. The van der Waals surface area contributed by atoms with Crippen LogP contribution in [0, 0.1) is 11.3 Å². The third-order valence-electron chi connectivity index (χ3n) is 2.59. The molecular weight excluding hydrogens is 313 g/mol. The number of thioether (sulfide) groups is 1. The van der Waals surface area contributed by atoms with Gasteiger partial charge in [-0.2, -0.15) is 18.4 Å². The van der Waals surface area contributed by atoms with E-state index in [2.05, 4.69) is 5.32 Å². The molecule has 0 radical (unpaired) electrons. The molecule has 22 heavy (non-hydrogen) atoms. The van der Waals surface area contributed by atoms with Gasteiger partial charge in [0.05, 0.1) is 6.07 Å². The number of hydrogen-bond acceptors (Lipinski definition) is 3. The molecule has 0 aliphatic heterocycles. The van der Waals surface area contributed by atoms with Gasteiger partial charge in [-0.3, -0.25) is 4.79 Å². The molecule has 3 nitrogen and oxygen atoms in total. The smallest absolute Gasteiger partial charge is 0.337 e. The maximum absolute atomic E-state index is 12.2. The van der Waals surface area contributed by atoms with Gasteiger partial charge < -0.3 is 5.32 Å². The summed E-state index contributed by atoms with van der Waals surface area (Å²) in [4.78, 5) is 11.7. The van der Waals surface area contributed by atoms with Gasteiger partial charge in [0.2, 0.25) is 5.91 Å². The molecule has 1 aromatic carbocycles. The Morgan fingerprint density at radius 1 is 1.41 bits per heavy atom. The normalized spacial score (nSPS) is 12.9. The van der Waals surface area contributed by atoms with Crippen molar-refractivity contribution in [1.29, 1.82) is 5.26 Å². The minimum atomic E-state index is -4.32. The molecule has 0 heterocycles. The lowest BCUT2D eigenvalue weighted by Gasteiger charge is -2.07. The van der Waals surface area contributed by atoms with Crippen LogP contribution in [0.1, 0.15) is 25.3 Å². The van der Waals surface area contributed by atoms with Crippen LogP contribution in [0.15, 0.2) is 35.2 Å². The third kappa shape index (κ3) is 7.18. The van der Waals surface area contributed by atoms with Gasteiger partial charge in [0, 0.05) is 11.0 Å². The molecule has 1 rings (SSSR count). The zero-order valence-corrected chi connectivity index (χ0v) is 12.7. The van der Waals surface area contributed by atoms with Crippen LogP contribution < -0.4 is 5.32 Å². The van der Waals surface area contributed by atoms with Gasteiger partial charge in [-0.05, 0) is 42.0 Å². The Balaban J connectivity index is 2.59. The summed E-state index contributed by atoms with van der Waals surface area (Å²) >= 11 is -0.189. The fraction of sp³-hybridized carbons (Fsp3) is 0.333. The number of carbonyl (C=O) groups excluding carboxylic acids is 1. The van der Waals surface area contributed by atoms with Crippen LogP contribution in [-0.4, -0.2) is 17.5 Å². The van der Waals surface area contributed by atoms with Gasteiger partial charge in [0.25, 0.3) is 0 Å². The van der Waals surface area contributed by atoms with E-state index in [-0.39, 0.29) is 16.7 Å². The summed E-state index contributed by atoms with van der Waals surface area (Å²) < 4.78 is 36.5. The molecule has 0 aromatic heterocycles. The van der Waals surface area contributed by atoms with Crippen LogP contribution in [0.25, 0.3) is 6.08 Å². The van der Waals surface area contributed by atoms with E-state index in [1.807, 2.05) is 13.0 Å². The highest BCUT2D eigenvalue weighted by Gasteiger charge is 2.28. The highest BCUT2D eigenvalue weighted by Crippen LogP contribution is 2.36. The maximum Gasteiger partial charge on any atom is 0.446 e. The molecule has 0 aliphatic carbocycles. The van der Waals surface area contributed by atoms with Crippen molar-refractivity contribution in [2.75, 3.05) is 0 Å². The number of nitrogens with zero attached hydrogens (tertiary/aromatic N) is 1. The monoisotopic (exact) mass is 328 g/mol. The average molecular weight is 328 g/mol. The van der Waals surface area contributed by atoms with E-state index >= 15 is 0 Å². The Morgan fingerprint density at radius 3 is 2.55 bits per heavy atom. The molecule has 0 bridgehead atoms. The topological polar surface area (TPSA) is 52.9 Å². The van der Waals surface area contributed by atoms with Crippen LogP contribution in [0.2, 0.25) is 0 Å². The molecule has 1 atom stereocenters. The van der Waals surface area contributed by atoms with Gasteiger partial charge >= 0.3 is 5.51 Å². The quantitative estimate of drug-likeness (QED) is 0.631. The fourth-order valence-electron chi connectivity index (χ4n) is 1.63. The molecule has 1 aromatic rings. The first kappa shape index (κ1) is 18.1. The van der Waals surface area contributed by atoms with Crippen LogP contribution in [-0.2, 0) is 4.79 Å². The van der Waals surface area contributed by atoms with E-state index in [1.165, 1.54) is 36.4 Å². The van der Waals surface area contributed by atoms with Gasteiger partial charge in [-0.25, -0.2) is 0 Å². The summed E-state index contributed by atoms with van der Waals surface area (Å²) in [5.41, 5.74) is -3.71. The van der Waals surface area contributed by atoms with E-state index in [1.54, 1.807) is 0 Å². The Morgan fingerprint density at radius 2 is 2.05 bits per heavy atom. The molecule has 1 N–H and O–H groups in total. The minimum absolute atomic E-state index is 0.0848. The predicted octanol–water partition coefficient (Wildman–Crippen LogP) is 4.12. The Labute approximate surface area is 131 Å². The summed E-state index contributed by atoms with van der Waals surface area (Å²) in [6.45, 7) is 1.91. The van der Waals surface area contributed by atoms with Crippen LogP contribution in [0.3, 0.4) is 0 Å². The van der Waals surface area contributed by atoms with Gasteiger partial charge in [-0.15, -0.1) is 0 Å². The van der Waals surface area contributed by atoms with Gasteiger partial charge in [0.1, 0.15) is 6.04 Å². The molecule has 1 unspecified atom stereocenters. The van der Waals surface area contributed by atoms with Crippen molar-refractivity contribution in [2.24, 2.45) is 0 Å². The van der Waals surface area contributed by atoms with Gasteiger partial charge in [0.15, 0.2) is 0 Å². The lowest BCUT2D eigenvalue weighted by atomic mass is 10.2. The van der Waals surface area contributed by atoms with E-state index in [9.17, 15) is 18.0 Å². The number of nitriles is 1. The minimum Gasteiger partial charge on any atom is -0.337 e. The van der Waals surface area contributed by atoms with Crippen LogP contribution in [0.4, 0.5) is 13.2 Å². The molecule has 1 amide bonds. The second-order valence-electron chi connectivity index (χ2n) is 4.43. The number of amides is 1. The summed E-state index contributed by atoms with van der Waals surface area (Å²) in [5.74, 6) is -0.409. The molecule has 0 aliphatic rings. The number of rotatable bonds is 6. The molecule has 118 valence electrons. The first-order valence-electron chi connectivity index (χ1n) is 6.58. The summed E-state index contributed by atoms with van der Waals surface area (Å²) in [7, 11) is 0. The third-order valence-corrected chi connectivity index (χ3v) is 3.33. The predicted molar refractivity (Wildman–Crippen MR) is 79.8 cm³/mol. The van der Waals surface area contributed by atoms with Crippen molar-refractivity contribution in [3.8, 4) is 6.07 Å². The van der Waals surface area contributed by atoms with Gasteiger partial charge in [-0.1, -0.05) is 25.5 Å². The van der Waals surface area contributed by atoms with E-state index in [4.69, 9.17) is 5.26 Å². The molecule has 7 heteroatoms. The van der Waals surface area contributed by atoms with Crippen molar-refractivity contribution < 1.29 is 18.0 Å². The maximum atomic E-state index is 12.2. The van der Waals surface area contributed by atoms with E-state index in [0.717, 1.165) is 6.42 Å². The zero-order valence-electron chi connectivity index (χ0n) is 11.9. The SMILES string of the molecule is CCCC(C#N)NC(=O)C=Cc1ccc(SC(F)(F)F)cc1. The standard InChI is InChI=1S/C15H15F3N2OS/c1-2-3-12(10-19)20-14(21)9-6-11-4-7-13(8-5-11)22-15(16,17)18/h4-9,12H,2-3H2,1H3,(H,20,21). The Kier molecular flexibility index (Phi) is 6.99. The molecule has 0 fully saturated rings. The molecule has 0 saturated heterocycles. The summed E-state index contributed by atoms with van der Waals surface area (Å²) in [5, 5.41) is 11.4. The highest BCUT2D eigenvalue weighted by atomic mass is 32.2. The number of halogens is 3. The molecular formula is C15H15F3N2OS. The largest absolute Gasteiger partial charge is 0.446 e. The number of nitrogens with one attached hydrogen (secondary N) is 1. The number of alkyl halides is 3. The second kappa shape index (κ2) is 8.49. The zero-order chi connectivity index (χ0) is 16.6. The Bertz CT molecular complexity index is 562. The summed E-state index contributed by atoms with van der Waals surface area (Å²) in [6.07, 6.45) is 4.09. The molecule has 0 spiro atoms. The van der Waals surface area contributed by atoms with Crippen molar-refractivity contribution >= 4 is 23.7 Å². The van der Waals surface area contributed by atoms with E-state index < -0.39 is 17.5 Å². The van der Waals surface area contributed by atoms with Crippen LogP contribution in [0.5, 0.6) is 0 Å². The Hall–Kier alpha value is -1.94. The average Bonchev–Trinajstić information content (AvgIpc) is 2.44. The summed E-state index contributed by atoms with van der Waals surface area (Å²) in [6, 6.07) is 7.11. The van der Waals surface area contributed by atoms with E-state index in [0.29, 0.717) is 12.0 Å². The molecule has 0 saturated carbocycles. The second-order valence-corrected chi connectivity index (χ2v) is 5.57. The number of hydrogen-bond donors (Lipinski definition) is 1. The highest BCUT2D eigenvalue weighted by molar-refractivity contribution is 8.00. The fourth-order valence-corrected chi connectivity index (χ4v) is 2.17. The lowest BCUT2D eigenvalue weighted by Crippen LogP contribution is -2.32. The first-order chi connectivity index (χ1) is 10.3. The van der Waals surface area contributed by atoms with Crippen molar-refractivity contribution in [3.63, 3.8) is 0 Å². The number of benzene rings is 1.